The van der Waals surface area contributed by atoms with Gasteiger partial charge in [0.25, 0.3) is 11.5 Å². The Labute approximate surface area is 266 Å². The van der Waals surface area contributed by atoms with Gasteiger partial charge in [-0.15, -0.1) is 0 Å². The second kappa shape index (κ2) is 12.4. The normalized spacial score (nSPS) is 16.9. The zero-order valence-corrected chi connectivity index (χ0v) is 26.9. The number of hydrogen-bond donors (Lipinski definition) is 0. The fourth-order valence-electron chi connectivity index (χ4n) is 5.74. The average Bonchev–Trinajstić information content (AvgIpc) is 3.51. The summed E-state index contributed by atoms with van der Waals surface area (Å²) < 4.78 is 13.9. The number of benzene rings is 3. The Balaban J connectivity index is 1.72. The minimum atomic E-state index is -0.940. The van der Waals surface area contributed by atoms with E-state index in [2.05, 4.69) is 22.9 Å². The quantitative estimate of drug-likeness (QED) is 0.240. The predicted octanol–water partition coefficient (Wildman–Crippen LogP) is 5.22. The van der Waals surface area contributed by atoms with E-state index < -0.39 is 17.6 Å². The molecule has 1 atom stereocenters. The van der Waals surface area contributed by atoms with E-state index in [1.54, 1.807) is 25.0 Å². The summed E-state index contributed by atoms with van der Waals surface area (Å²) >= 11 is 4.71. The van der Waals surface area contributed by atoms with Crippen LogP contribution in [0.2, 0.25) is 0 Å². The maximum Gasteiger partial charge on any atom is 0.338 e. The Bertz CT molecular complexity index is 2000. The fraction of sp³-hybridized carbons (Fsp3) is 0.235. The third kappa shape index (κ3) is 5.01. The van der Waals surface area contributed by atoms with E-state index >= 15 is 0 Å². The van der Waals surface area contributed by atoms with E-state index in [1.807, 2.05) is 66.7 Å². The molecule has 2 aliphatic rings. The number of carbonyl (C=O) groups is 2. The van der Waals surface area contributed by atoms with Crippen molar-refractivity contribution in [2.75, 3.05) is 25.2 Å². The highest BCUT2D eigenvalue weighted by Gasteiger charge is 2.39. The first-order chi connectivity index (χ1) is 21.4. The largest absolute Gasteiger partial charge is 0.496 e. The van der Waals surface area contributed by atoms with Crippen molar-refractivity contribution in [1.29, 1.82) is 0 Å². The number of esters is 1. The zero-order valence-electron chi connectivity index (χ0n) is 24.5. The van der Waals surface area contributed by atoms with Crippen LogP contribution < -0.4 is 24.5 Å². The Hall–Kier alpha value is -4.28. The molecular weight excluding hydrogens is 642 g/mol. The lowest BCUT2D eigenvalue weighted by atomic mass is 9.92. The van der Waals surface area contributed by atoms with Gasteiger partial charge in [-0.3, -0.25) is 14.2 Å². The number of methoxy groups -OCH3 is 1. The molecule has 0 fully saturated rings. The van der Waals surface area contributed by atoms with Gasteiger partial charge in [0.1, 0.15) is 16.3 Å². The smallest absolute Gasteiger partial charge is 0.338 e. The van der Waals surface area contributed by atoms with Crippen molar-refractivity contribution in [2.24, 2.45) is 4.99 Å². The summed E-state index contributed by atoms with van der Waals surface area (Å²) in [6, 6.07) is 21.4. The second-order valence-electron chi connectivity index (χ2n) is 10.3. The molecule has 0 bridgehead atoms. The summed E-state index contributed by atoms with van der Waals surface area (Å²) in [7, 11) is 1.55. The molecule has 10 heteroatoms. The van der Waals surface area contributed by atoms with Gasteiger partial charge in [0.05, 0.1) is 36.2 Å². The molecule has 4 aromatic rings. The van der Waals surface area contributed by atoms with Gasteiger partial charge < -0.3 is 14.4 Å². The van der Waals surface area contributed by atoms with Crippen LogP contribution in [-0.2, 0) is 14.3 Å². The number of nitrogens with zero attached hydrogens (tertiary/aromatic N) is 3. The fourth-order valence-corrected chi connectivity index (χ4v) is 7.21. The number of hydrogen-bond acceptors (Lipinski definition) is 7. The molecule has 0 radical (unpaired) electrons. The summed E-state index contributed by atoms with van der Waals surface area (Å²) in [6.07, 6.45) is 1.76. The number of thiazole rings is 1. The molecule has 2 aliphatic heterocycles. The zero-order chi connectivity index (χ0) is 31.0. The molecule has 3 heterocycles. The molecular formula is C34H30BrN3O5S. The highest BCUT2D eigenvalue weighted by Crippen LogP contribution is 2.40. The van der Waals surface area contributed by atoms with E-state index in [4.69, 9.17) is 14.5 Å². The molecule has 0 spiro atoms. The van der Waals surface area contributed by atoms with Gasteiger partial charge in [0.15, 0.2) is 4.80 Å². The molecule has 3 aromatic carbocycles. The predicted molar refractivity (Wildman–Crippen MR) is 174 cm³/mol. The molecule has 224 valence electrons. The molecule has 0 saturated heterocycles. The molecule has 0 aliphatic carbocycles. The van der Waals surface area contributed by atoms with E-state index in [0.29, 0.717) is 45.1 Å². The number of aromatic nitrogens is 1. The van der Waals surface area contributed by atoms with E-state index in [0.717, 1.165) is 34.3 Å². The van der Waals surface area contributed by atoms with Crippen molar-refractivity contribution in [1.82, 2.24) is 4.57 Å². The van der Waals surface area contributed by atoms with Crippen LogP contribution in [0.5, 0.6) is 5.75 Å². The lowest BCUT2D eigenvalue weighted by Crippen LogP contribution is -2.41. The van der Waals surface area contributed by atoms with Gasteiger partial charge in [0, 0.05) is 27.7 Å². The minimum absolute atomic E-state index is 0.139. The van der Waals surface area contributed by atoms with Crippen LogP contribution in [0.3, 0.4) is 0 Å². The van der Waals surface area contributed by atoms with Crippen LogP contribution in [0.1, 0.15) is 49.4 Å². The van der Waals surface area contributed by atoms with E-state index in [1.165, 1.54) is 4.57 Å². The Morgan fingerprint density at radius 3 is 2.50 bits per heavy atom. The maximum atomic E-state index is 14.6. The molecule has 0 unspecified atom stereocenters. The van der Waals surface area contributed by atoms with E-state index in [-0.39, 0.29) is 22.6 Å². The number of carbonyl (C=O) groups excluding carboxylic acids is 2. The molecule has 0 N–H and O–H groups in total. The monoisotopic (exact) mass is 671 g/mol. The summed E-state index contributed by atoms with van der Waals surface area (Å²) in [5.74, 6) is -0.317. The van der Waals surface area contributed by atoms with E-state index in [9.17, 15) is 14.4 Å². The van der Waals surface area contributed by atoms with Gasteiger partial charge in [-0.1, -0.05) is 89.1 Å². The Morgan fingerprint density at radius 1 is 1.02 bits per heavy atom. The molecule has 8 nitrogen and oxygen atoms in total. The number of fused-ring (bicyclic) bond motifs is 2. The molecule has 1 amide bonds. The van der Waals surface area contributed by atoms with Gasteiger partial charge in [-0.05, 0) is 37.6 Å². The third-order valence-electron chi connectivity index (χ3n) is 7.72. The lowest BCUT2D eigenvalue weighted by Gasteiger charge is -2.27. The highest BCUT2D eigenvalue weighted by atomic mass is 79.9. The van der Waals surface area contributed by atoms with Crippen molar-refractivity contribution in [3.8, 4) is 5.75 Å². The van der Waals surface area contributed by atoms with Crippen LogP contribution in [0.4, 0.5) is 5.69 Å². The van der Waals surface area contributed by atoms with Crippen LogP contribution in [0.15, 0.2) is 92.6 Å². The summed E-state index contributed by atoms with van der Waals surface area (Å²) in [5, 5.41) is 0. The summed E-state index contributed by atoms with van der Waals surface area (Å²) in [4.78, 5) is 49.5. The number of rotatable bonds is 8. The number of amides is 1. The number of halogens is 1. The third-order valence-corrected chi connectivity index (χ3v) is 9.27. The first kappa shape index (κ1) is 29.8. The first-order valence-electron chi connectivity index (χ1n) is 14.4. The van der Waals surface area contributed by atoms with Crippen LogP contribution in [-0.4, -0.2) is 36.7 Å². The van der Waals surface area contributed by atoms with Crippen molar-refractivity contribution >= 4 is 56.1 Å². The van der Waals surface area contributed by atoms with Crippen molar-refractivity contribution in [2.45, 2.75) is 32.7 Å². The SMILES string of the molecule is CCCCN1C(=O)/C(=c2\sc3n(c2=O)[C@@H](c2cc(Br)ccc2OC)C(C(=O)OCC)=C(c2ccccc2)N=3)c2ccccc21. The standard InChI is InChI=1S/C34H30BrN3O5S/c1-4-6-18-37-24-15-11-10-14-22(24)26(31(37)39)30-32(40)38-29(23-19-21(35)16-17-25(23)42-3)27(33(41)43-5-2)28(36-34(38)44-30)20-12-8-7-9-13-20/h7-17,19,29H,4-6,18H2,1-3H3/b30-26-/t29-/m0/s1. The van der Waals surface area contributed by atoms with Crippen LogP contribution in [0.25, 0.3) is 11.3 Å². The number of ether oxygens (including phenoxy) is 2. The number of para-hydroxylation sites is 1. The van der Waals surface area contributed by atoms with Crippen molar-refractivity contribution in [3.63, 3.8) is 0 Å². The summed E-state index contributed by atoms with van der Waals surface area (Å²) in [5.41, 5.74) is 3.32. The van der Waals surface area contributed by atoms with Crippen LogP contribution >= 0.6 is 27.3 Å². The second-order valence-corrected chi connectivity index (χ2v) is 12.2. The first-order valence-corrected chi connectivity index (χ1v) is 16.1. The number of unbranched alkanes of at least 4 members (excludes halogenated alkanes) is 1. The van der Waals surface area contributed by atoms with Crippen LogP contribution in [0, 0.1) is 0 Å². The number of anilines is 1. The molecule has 6 rings (SSSR count). The van der Waals surface area contributed by atoms with Gasteiger partial charge in [-0.2, -0.15) is 0 Å². The Morgan fingerprint density at radius 2 is 1.77 bits per heavy atom. The molecule has 1 aromatic heterocycles. The topological polar surface area (TPSA) is 90.2 Å². The lowest BCUT2D eigenvalue weighted by molar-refractivity contribution is -0.138. The maximum absolute atomic E-state index is 14.6. The Kier molecular flexibility index (Phi) is 8.38. The van der Waals surface area contributed by atoms with Gasteiger partial charge >= 0.3 is 5.97 Å². The highest BCUT2D eigenvalue weighted by molar-refractivity contribution is 9.10. The minimum Gasteiger partial charge on any atom is -0.496 e. The molecule has 44 heavy (non-hydrogen) atoms. The van der Waals surface area contributed by atoms with Gasteiger partial charge in [0.2, 0.25) is 0 Å². The summed E-state index contributed by atoms with van der Waals surface area (Å²) in [6.45, 7) is 4.50. The van der Waals surface area contributed by atoms with Crippen molar-refractivity contribution < 1.29 is 19.1 Å². The average molecular weight is 673 g/mol. The van der Waals surface area contributed by atoms with Gasteiger partial charge in [-0.25, -0.2) is 9.79 Å². The van der Waals surface area contributed by atoms with Crippen molar-refractivity contribution in [3.05, 3.63) is 119 Å². The molecule has 0 saturated carbocycles.